The molecule has 2 unspecified atom stereocenters. The molecule has 2 aromatic heterocycles. The number of rotatable bonds is 6. The second-order valence-corrected chi connectivity index (χ2v) is 9.03. The highest BCUT2D eigenvalue weighted by atomic mass is 19.1. The van der Waals surface area contributed by atoms with E-state index in [1.165, 1.54) is 6.33 Å². The van der Waals surface area contributed by atoms with Gasteiger partial charge in [-0.25, -0.2) is 14.4 Å². The third kappa shape index (κ3) is 3.83. The van der Waals surface area contributed by atoms with Crippen LogP contribution in [0.5, 0.6) is 5.75 Å². The number of nitrogens with one attached hydrogen (secondary N) is 2. The predicted octanol–water partition coefficient (Wildman–Crippen LogP) is 3.81. The molecule has 168 valence electrons. The monoisotopic (exact) mass is 438 g/mol. The van der Waals surface area contributed by atoms with Gasteiger partial charge in [0.05, 0.1) is 29.4 Å². The predicted molar refractivity (Wildman–Crippen MR) is 118 cm³/mol. The van der Waals surface area contributed by atoms with E-state index in [0.717, 1.165) is 19.3 Å². The Morgan fingerprint density at radius 1 is 1.25 bits per heavy atom. The number of amides is 1. The van der Waals surface area contributed by atoms with E-state index in [1.807, 2.05) is 0 Å². The van der Waals surface area contributed by atoms with Gasteiger partial charge < -0.3 is 20.1 Å². The van der Waals surface area contributed by atoms with Gasteiger partial charge in [0.15, 0.2) is 0 Å². The van der Waals surface area contributed by atoms with Crippen molar-refractivity contribution in [2.45, 2.75) is 58.1 Å². The van der Waals surface area contributed by atoms with Crippen LogP contribution < -0.4 is 10.1 Å². The lowest BCUT2D eigenvalue weighted by Crippen LogP contribution is -2.33. The molecule has 7 nitrogen and oxygen atoms in total. The number of hydrogen-bond donors (Lipinski definition) is 3. The molecule has 2 aliphatic carbocycles. The second kappa shape index (κ2) is 8.16. The zero-order valence-corrected chi connectivity index (χ0v) is 18.2. The first kappa shape index (κ1) is 20.9. The quantitative estimate of drug-likeness (QED) is 0.543. The molecule has 0 saturated heterocycles. The van der Waals surface area contributed by atoms with Gasteiger partial charge >= 0.3 is 0 Å². The van der Waals surface area contributed by atoms with Gasteiger partial charge in [-0.1, -0.05) is 6.07 Å². The number of H-pyrrole nitrogens is 1. The van der Waals surface area contributed by atoms with Gasteiger partial charge in [-0.05, 0) is 63.5 Å². The Kier molecular flexibility index (Phi) is 5.33. The van der Waals surface area contributed by atoms with E-state index in [1.54, 1.807) is 26.0 Å². The SMILES string of the molecule is Cc1ccc(OCC2CC2)c(-c2ncnc3c(C(=O)NC4CCC(O)C4)c(C)[nH]c23)c1F. The van der Waals surface area contributed by atoms with Crippen molar-refractivity contribution in [1.82, 2.24) is 20.3 Å². The minimum absolute atomic E-state index is 0.0696. The van der Waals surface area contributed by atoms with E-state index < -0.39 is 5.82 Å². The van der Waals surface area contributed by atoms with E-state index in [0.29, 0.717) is 64.7 Å². The van der Waals surface area contributed by atoms with E-state index >= 15 is 4.39 Å². The van der Waals surface area contributed by atoms with Crippen molar-refractivity contribution in [2.24, 2.45) is 5.92 Å². The summed E-state index contributed by atoms with van der Waals surface area (Å²) >= 11 is 0. The van der Waals surface area contributed by atoms with Crippen molar-refractivity contribution in [3.63, 3.8) is 0 Å². The molecule has 1 aromatic carbocycles. The number of aryl methyl sites for hydroxylation is 2. The maximum Gasteiger partial charge on any atom is 0.255 e. The number of nitrogens with zero attached hydrogens (tertiary/aromatic N) is 2. The fourth-order valence-electron chi connectivity index (χ4n) is 4.43. The summed E-state index contributed by atoms with van der Waals surface area (Å²) in [6.45, 7) is 4.05. The molecule has 2 atom stereocenters. The third-order valence-electron chi connectivity index (χ3n) is 6.44. The fourth-order valence-corrected chi connectivity index (χ4v) is 4.43. The zero-order chi connectivity index (χ0) is 22.4. The van der Waals surface area contributed by atoms with E-state index in [2.05, 4.69) is 20.3 Å². The van der Waals surface area contributed by atoms with Crippen LogP contribution in [0.4, 0.5) is 4.39 Å². The molecule has 3 aromatic rings. The van der Waals surface area contributed by atoms with Gasteiger partial charge in [0.1, 0.15) is 29.1 Å². The normalized spacial score (nSPS) is 20.6. The van der Waals surface area contributed by atoms with Gasteiger partial charge in [-0.2, -0.15) is 0 Å². The maximum absolute atomic E-state index is 15.3. The number of carbonyl (C=O) groups excluding carboxylic acids is 1. The largest absolute Gasteiger partial charge is 0.492 e. The number of carbonyl (C=O) groups is 1. The highest BCUT2D eigenvalue weighted by Gasteiger charge is 2.29. The van der Waals surface area contributed by atoms with Crippen LogP contribution in [0.1, 0.15) is 53.7 Å². The average Bonchev–Trinajstić information content (AvgIpc) is 3.40. The van der Waals surface area contributed by atoms with Crippen LogP contribution in [0, 0.1) is 25.6 Å². The summed E-state index contributed by atoms with van der Waals surface area (Å²) in [5, 5.41) is 12.8. The van der Waals surface area contributed by atoms with E-state index in [4.69, 9.17) is 4.74 Å². The zero-order valence-electron chi connectivity index (χ0n) is 18.2. The average molecular weight is 439 g/mol. The van der Waals surface area contributed by atoms with Crippen molar-refractivity contribution in [3.8, 4) is 17.0 Å². The number of ether oxygens (including phenoxy) is 1. The van der Waals surface area contributed by atoms with Crippen molar-refractivity contribution >= 4 is 16.9 Å². The molecule has 8 heteroatoms. The van der Waals surface area contributed by atoms with Gasteiger partial charge in [0.2, 0.25) is 0 Å². The molecule has 0 bridgehead atoms. The Balaban J connectivity index is 1.56. The third-order valence-corrected chi connectivity index (χ3v) is 6.44. The Morgan fingerprint density at radius 3 is 2.78 bits per heavy atom. The van der Waals surface area contributed by atoms with Crippen molar-refractivity contribution < 1.29 is 19.0 Å². The molecule has 3 N–H and O–H groups in total. The Hall–Kier alpha value is -3.00. The summed E-state index contributed by atoms with van der Waals surface area (Å²) in [5.74, 6) is 0.317. The van der Waals surface area contributed by atoms with E-state index in [-0.39, 0.29) is 23.6 Å². The van der Waals surface area contributed by atoms with Crippen LogP contribution >= 0.6 is 0 Å². The molecule has 0 radical (unpaired) electrons. The lowest BCUT2D eigenvalue weighted by atomic mass is 10.0. The number of aromatic nitrogens is 3. The number of hydrogen-bond acceptors (Lipinski definition) is 5. The smallest absolute Gasteiger partial charge is 0.255 e. The first-order chi connectivity index (χ1) is 15.4. The van der Waals surface area contributed by atoms with Crippen molar-refractivity contribution in [2.75, 3.05) is 6.61 Å². The summed E-state index contributed by atoms with van der Waals surface area (Å²) in [6, 6.07) is 3.41. The Morgan fingerprint density at radius 2 is 2.06 bits per heavy atom. The maximum atomic E-state index is 15.3. The molecular formula is C24H27FN4O3. The van der Waals surface area contributed by atoms with Gasteiger partial charge in [0.25, 0.3) is 5.91 Å². The van der Waals surface area contributed by atoms with Crippen molar-refractivity contribution in [1.29, 1.82) is 0 Å². The fraction of sp³-hybridized carbons (Fsp3) is 0.458. The number of aliphatic hydroxyl groups excluding tert-OH is 1. The van der Waals surface area contributed by atoms with Crippen LogP contribution in [-0.4, -0.2) is 44.7 Å². The second-order valence-electron chi connectivity index (χ2n) is 9.03. The van der Waals surface area contributed by atoms with Gasteiger partial charge in [-0.3, -0.25) is 4.79 Å². The molecular weight excluding hydrogens is 411 g/mol. The van der Waals surface area contributed by atoms with Crippen LogP contribution in [0.25, 0.3) is 22.3 Å². The highest BCUT2D eigenvalue weighted by molar-refractivity contribution is 6.09. The van der Waals surface area contributed by atoms with E-state index in [9.17, 15) is 9.90 Å². The first-order valence-electron chi connectivity index (χ1n) is 11.2. The van der Waals surface area contributed by atoms with Crippen LogP contribution in [0.2, 0.25) is 0 Å². The van der Waals surface area contributed by atoms with Crippen molar-refractivity contribution in [3.05, 3.63) is 41.1 Å². The molecule has 2 aliphatic rings. The minimum atomic E-state index is -0.392. The lowest BCUT2D eigenvalue weighted by molar-refractivity contribution is 0.0935. The minimum Gasteiger partial charge on any atom is -0.492 e. The molecule has 32 heavy (non-hydrogen) atoms. The lowest BCUT2D eigenvalue weighted by Gasteiger charge is -2.14. The molecule has 5 rings (SSSR count). The molecule has 0 spiro atoms. The number of benzene rings is 1. The van der Waals surface area contributed by atoms with Gasteiger partial charge in [0, 0.05) is 11.7 Å². The Bertz CT molecular complexity index is 1190. The van der Waals surface area contributed by atoms with Crippen LogP contribution in [0.15, 0.2) is 18.5 Å². The summed E-state index contributed by atoms with van der Waals surface area (Å²) in [7, 11) is 0. The summed E-state index contributed by atoms with van der Waals surface area (Å²) < 4.78 is 21.3. The highest BCUT2D eigenvalue weighted by Crippen LogP contribution is 2.39. The summed E-state index contributed by atoms with van der Waals surface area (Å²) in [5.41, 5.74) is 3.14. The molecule has 2 heterocycles. The number of aromatic amines is 1. The van der Waals surface area contributed by atoms with Gasteiger partial charge in [-0.15, -0.1) is 0 Å². The summed E-state index contributed by atoms with van der Waals surface area (Å²) in [4.78, 5) is 25.0. The number of halogens is 1. The van der Waals surface area contributed by atoms with Crippen LogP contribution in [0.3, 0.4) is 0 Å². The van der Waals surface area contributed by atoms with Crippen LogP contribution in [-0.2, 0) is 0 Å². The standard InChI is InChI=1S/C24H27FN4O3/c1-12-3-8-17(32-10-14-4-5-14)19(20(12)25)22-23-21(26-11-27-22)18(13(2)28-23)24(31)29-15-6-7-16(30)9-15/h3,8,11,14-16,28,30H,4-7,9-10H2,1-2H3,(H,29,31). The summed E-state index contributed by atoms with van der Waals surface area (Å²) in [6.07, 6.45) is 5.21. The molecule has 0 aliphatic heterocycles. The Labute approximate surface area is 185 Å². The molecule has 2 fully saturated rings. The molecule has 1 amide bonds. The molecule has 2 saturated carbocycles. The first-order valence-corrected chi connectivity index (χ1v) is 11.2. The number of aliphatic hydroxyl groups is 1. The topological polar surface area (TPSA) is 100 Å². The number of fused-ring (bicyclic) bond motifs is 1.